The minimum absolute atomic E-state index is 0.0145. The van der Waals surface area contributed by atoms with E-state index in [1.807, 2.05) is 41.3 Å². The molecule has 1 aromatic carbocycles. The molecule has 5 nitrogen and oxygen atoms in total. The van der Waals surface area contributed by atoms with Gasteiger partial charge >= 0.3 is 0 Å². The first-order chi connectivity index (χ1) is 14.2. The Morgan fingerprint density at radius 2 is 1.97 bits per heavy atom. The first-order valence-corrected chi connectivity index (χ1v) is 10.2. The highest BCUT2D eigenvalue weighted by Crippen LogP contribution is 2.42. The van der Waals surface area contributed by atoms with Crippen LogP contribution in [-0.2, 0) is 17.9 Å². The van der Waals surface area contributed by atoms with Crippen molar-refractivity contribution in [3.8, 4) is 22.4 Å². The highest BCUT2D eigenvalue weighted by Gasteiger charge is 2.41. The maximum Gasteiger partial charge on any atom is 0.246 e. The monoisotopic (exact) mass is 404 g/mol. The number of carbonyl (C=O) groups excluding carboxylic acids is 1. The molecule has 29 heavy (non-hydrogen) atoms. The van der Waals surface area contributed by atoms with Crippen LogP contribution in [0.15, 0.2) is 61.4 Å². The Bertz CT molecular complexity index is 1090. The molecular formula is C23H21ClN4O. The summed E-state index contributed by atoms with van der Waals surface area (Å²) in [5, 5.41) is 5.67. The lowest BCUT2D eigenvalue weighted by Crippen LogP contribution is -2.47. The Morgan fingerprint density at radius 1 is 1.17 bits per heavy atom. The van der Waals surface area contributed by atoms with Gasteiger partial charge in [-0.05, 0) is 54.7 Å². The number of fused-ring (bicyclic) bond motifs is 1. The predicted octanol–water partition coefficient (Wildman–Crippen LogP) is 4.57. The molecule has 0 radical (unpaired) electrons. The Morgan fingerprint density at radius 3 is 2.66 bits per heavy atom. The summed E-state index contributed by atoms with van der Waals surface area (Å²) < 4.78 is 2.09. The van der Waals surface area contributed by atoms with Gasteiger partial charge in [0, 0.05) is 28.5 Å². The number of halogens is 1. The SMILES string of the molecule is C=CC(=O)N1Cc2c(-c3ccncc3)c(-c3cccc(Cl)c3)nn2CC1C1CC1. The summed E-state index contributed by atoms with van der Waals surface area (Å²) in [5.74, 6) is 0.537. The van der Waals surface area contributed by atoms with Crippen molar-refractivity contribution in [2.24, 2.45) is 5.92 Å². The molecule has 0 saturated heterocycles. The van der Waals surface area contributed by atoms with Gasteiger partial charge in [0.2, 0.25) is 5.91 Å². The van der Waals surface area contributed by atoms with E-state index in [1.165, 1.54) is 18.9 Å². The molecule has 2 aromatic heterocycles. The molecule has 1 aliphatic heterocycles. The molecule has 0 bridgehead atoms. The van der Waals surface area contributed by atoms with E-state index in [-0.39, 0.29) is 11.9 Å². The van der Waals surface area contributed by atoms with Crippen molar-refractivity contribution < 1.29 is 4.79 Å². The number of pyridine rings is 1. The van der Waals surface area contributed by atoms with Crippen molar-refractivity contribution in [2.75, 3.05) is 0 Å². The molecule has 146 valence electrons. The van der Waals surface area contributed by atoms with Crippen molar-refractivity contribution >= 4 is 17.5 Å². The van der Waals surface area contributed by atoms with Crippen molar-refractivity contribution in [3.63, 3.8) is 0 Å². The van der Waals surface area contributed by atoms with Crippen LogP contribution in [0.4, 0.5) is 0 Å². The summed E-state index contributed by atoms with van der Waals surface area (Å²) in [6, 6.07) is 11.9. The molecule has 1 aliphatic carbocycles. The Hall–Kier alpha value is -2.92. The maximum atomic E-state index is 12.6. The molecule has 2 aliphatic rings. The smallest absolute Gasteiger partial charge is 0.246 e. The molecule has 3 aromatic rings. The van der Waals surface area contributed by atoms with E-state index in [4.69, 9.17) is 16.7 Å². The molecular weight excluding hydrogens is 384 g/mol. The number of hydrogen-bond donors (Lipinski definition) is 0. The van der Waals surface area contributed by atoms with E-state index in [0.717, 1.165) is 28.1 Å². The summed E-state index contributed by atoms with van der Waals surface area (Å²) in [4.78, 5) is 18.8. The number of amides is 1. The van der Waals surface area contributed by atoms with Gasteiger partial charge in [-0.3, -0.25) is 14.5 Å². The van der Waals surface area contributed by atoms with Crippen LogP contribution in [-0.4, -0.2) is 31.6 Å². The van der Waals surface area contributed by atoms with Gasteiger partial charge < -0.3 is 4.90 Å². The minimum Gasteiger partial charge on any atom is -0.328 e. The molecule has 0 spiro atoms. The lowest BCUT2D eigenvalue weighted by atomic mass is 9.97. The quantitative estimate of drug-likeness (QED) is 0.598. The van der Waals surface area contributed by atoms with Crippen molar-refractivity contribution in [2.45, 2.75) is 32.0 Å². The van der Waals surface area contributed by atoms with Crippen LogP contribution in [0.5, 0.6) is 0 Å². The summed E-state index contributed by atoms with van der Waals surface area (Å²) in [5.41, 5.74) is 4.96. The standard InChI is InChI=1S/C23H21ClN4O/c1-2-21(29)27-13-20-22(16-8-10-25-11-9-16)23(17-4-3-5-18(24)12-17)26-28(20)14-19(27)15-6-7-15/h2-5,8-12,15,19H,1,6-7,13-14H2. The number of rotatable bonds is 4. The van der Waals surface area contributed by atoms with E-state index >= 15 is 0 Å². The first-order valence-electron chi connectivity index (χ1n) is 9.84. The number of aromatic nitrogens is 3. The van der Waals surface area contributed by atoms with Crippen molar-refractivity contribution in [3.05, 3.63) is 72.2 Å². The molecule has 1 fully saturated rings. The van der Waals surface area contributed by atoms with Crippen LogP contribution in [0.2, 0.25) is 5.02 Å². The van der Waals surface area contributed by atoms with Gasteiger partial charge in [-0.15, -0.1) is 0 Å². The van der Waals surface area contributed by atoms with Gasteiger partial charge in [0.25, 0.3) is 0 Å². The Balaban J connectivity index is 1.69. The molecule has 1 saturated carbocycles. The van der Waals surface area contributed by atoms with Crippen LogP contribution < -0.4 is 0 Å². The van der Waals surface area contributed by atoms with Gasteiger partial charge in [0.15, 0.2) is 0 Å². The normalized spacial score (nSPS) is 18.4. The summed E-state index contributed by atoms with van der Waals surface area (Å²) >= 11 is 6.27. The largest absolute Gasteiger partial charge is 0.328 e. The van der Waals surface area contributed by atoms with Crippen molar-refractivity contribution in [1.29, 1.82) is 0 Å². The fourth-order valence-corrected chi connectivity index (χ4v) is 4.46. The molecule has 1 amide bonds. The van der Waals surface area contributed by atoms with Crippen LogP contribution in [0.1, 0.15) is 18.5 Å². The fraction of sp³-hybridized carbons (Fsp3) is 0.261. The Labute approximate surface area is 174 Å². The van der Waals surface area contributed by atoms with E-state index in [0.29, 0.717) is 24.0 Å². The average molecular weight is 405 g/mol. The second-order valence-electron chi connectivity index (χ2n) is 7.67. The van der Waals surface area contributed by atoms with Gasteiger partial charge in [0.05, 0.1) is 24.8 Å². The van der Waals surface area contributed by atoms with Gasteiger partial charge in [0.1, 0.15) is 5.69 Å². The Kier molecular flexibility index (Phi) is 4.47. The zero-order chi connectivity index (χ0) is 20.0. The molecule has 0 N–H and O–H groups in total. The summed E-state index contributed by atoms with van der Waals surface area (Å²) in [6.07, 6.45) is 7.32. The third-order valence-electron chi connectivity index (χ3n) is 5.83. The lowest BCUT2D eigenvalue weighted by molar-refractivity contribution is -0.130. The van der Waals surface area contributed by atoms with Gasteiger partial charge in [-0.1, -0.05) is 30.3 Å². The summed E-state index contributed by atoms with van der Waals surface area (Å²) in [7, 11) is 0. The van der Waals surface area contributed by atoms with Gasteiger partial charge in [-0.25, -0.2) is 0 Å². The first kappa shape index (κ1) is 18.1. The van der Waals surface area contributed by atoms with Crippen LogP contribution in [0.3, 0.4) is 0 Å². The number of benzene rings is 1. The maximum absolute atomic E-state index is 12.6. The third-order valence-corrected chi connectivity index (χ3v) is 6.06. The zero-order valence-corrected chi connectivity index (χ0v) is 16.7. The predicted molar refractivity (Wildman–Crippen MR) is 113 cm³/mol. The van der Waals surface area contributed by atoms with Crippen LogP contribution in [0, 0.1) is 5.92 Å². The van der Waals surface area contributed by atoms with E-state index < -0.39 is 0 Å². The molecule has 1 atom stereocenters. The highest BCUT2D eigenvalue weighted by atomic mass is 35.5. The molecule has 5 rings (SSSR count). The second-order valence-corrected chi connectivity index (χ2v) is 8.11. The molecule has 3 heterocycles. The fourth-order valence-electron chi connectivity index (χ4n) is 4.27. The number of carbonyl (C=O) groups is 1. The molecule has 1 unspecified atom stereocenters. The minimum atomic E-state index is -0.0145. The van der Waals surface area contributed by atoms with Crippen LogP contribution >= 0.6 is 11.6 Å². The third kappa shape index (κ3) is 3.25. The van der Waals surface area contributed by atoms with Gasteiger partial charge in [-0.2, -0.15) is 5.10 Å². The van der Waals surface area contributed by atoms with E-state index in [9.17, 15) is 4.79 Å². The van der Waals surface area contributed by atoms with Crippen LogP contribution in [0.25, 0.3) is 22.4 Å². The summed E-state index contributed by atoms with van der Waals surface area (Å²) in [6.45, 7) is 4.94. The number of nitrogens with zero attached hydrogens (tertiary/aromatic N) is 4. The second kappa shape index (κ2) is 7.16. The molecule has 6 heteroatoms. The average Bonchev–Trinajstić information content (AvgIpc) is 3.53. The highest BCUT2D eigenvalue weighted by molar-refractivity contribution is 6.30. The number of hydrogen-bond acceptors (Lipinski definition) is 3. The van der Waals surface area contributed by atoms with E-state index in [1.54, 1.807) is 12.4 Å². The zero-order valence-electron chi connectivity index (χ0n) is 16.0. The van der Waals surface area contributed by atoms with E-state index in [2.05, 4.69) is 16.2 Å². The lowest BCUT2D eigenvalue weighted by Gasteiger charge is -2.36. The van der Waals surface area contributed by atoms with Crippen molar-refractivity contribution in [1.82, 2.24) is 19.7 Å². The topological polar surface area (TPSA) is 51.0 Å².